The number of nitrogens with one attached hydrogen (secondary N) is 1. The third kappa shape index (κ3) is 3.24. The van der Waals surface area contributed by atoms with Crippen molar-refractivity contribution in [3.63, 3.8) is 0 Å². The second-order valence-electron chi connectivity index (χ2n) is 3.92. The number of methoxy groups -OCH3 is 1. The van der Waals surface area contributed by atoms with Gasteiger partial charge in [-0.2, -0.15) is 0 Å². The van der Waals surface area contributed by atoms with Crippen LogP contribution >= 0.6 is 0 Å². The molecule has 0 fully saturated rings. The van der Waals surface area contributed by atoms with Crippen LogP contribution in [0.1, 0.15) is 30.0 Å². The summed E-state index contributed by atoms with van der Waals surface area (Å²) in [6.45, 7) is 8.48. The average Bonchev–Trinajstić information content (AvgIpc) is 2.22. The number of aryl methyl sites for hydroxylation is 2. The third-order valence-corrected chi connectivity index (χ3v) is 2.63. The van der Waals surface area contributed by atoms with Gasteiger partial charge in [0.1, 0.15) is 5.75 Å². The highest BCUT2D eigenvalue weighted by atomic mass is 16.5. The van der Waals surface area contributed by atoms with Gasteiger partial charge in [0.05, 0.1) is 7.11 Å². The Labute approximate surface area is 92.6 Å². The molecule has 1 aromatic rings. The van der Waals surface area contributed by atoms with Crippen molar-refractivity contribution in [1.82, 2.24) is 5.32 Å². The molecule has 1 N–H and O–H groups in total. The molecule has 0 radical (unpaired) electrons. The maximum atomic E-state index is 5.24. The highest BCUT2D eigenvalue weighted by Gasteiger charge is 2.04. The third-order valence-electron chi connectivity index (χ3n) is 2.63. The fourth-order valence-corrected chi connectivity index (χ4v) is 1.74. The number of benzene rings is 1. The minimum atomic E-state index is 0.948. The maximum absolute atomic E-state index is 5.24. The van der Waals surface area contributed by atoms with E-state index >= 15 is 0 Å². The molecular weight excluding hydrogens is 186 g/mol. The minimum absolute atomic E-state index is 0.948. The van der Waals surface area contributed by atoms with Gasteiger partial charge in [-0.05, 0) is 55.6 Å². The first-order chi connectivity index (χ1) is 7.19. The first-order valence-corrected chi connectivity index (χ1v) is 5.53. The molecule has 0 amide bonds. The summed E-state index contributed by atoms with van der Waals surface area (Å²) >= 11 is 0. The molecule has 1 rings (SSSR count). The molecule has 0 saturated carbocycles. The molecular formula is C13H21NO. The van der Waals surface area contributed by atoms with Crippen LogP contribution in [0.4, 0.5) is 0 Å². The lowest BCUT2D eigenvalue weighted by Gasteiger charge is -2.12. The molecule has 0 spiro atoms. The molecule has 84 valence electrons. The molecule has 15 heavy (non-hydrogen) atoms. The van der Waals surface area contributed by atoms with Gasteiger partial charge in [-0.25, -0.2) is 0 Å². The Balaban J connectivity index is 2.79. The number of rotatable bonds is 5. The second-order valence-corrected chi connectivity index (χ2v) is 3.92. The van der Waals surface area contributed by atoms with Gasteiger partial charge in [0.25, 0.3) is 0 Å². The summed E-state index contributed by atoms with van der Waals surface area (Å²) in [6, 6.07) is 4.19. The van der Waals surface area contributed by atoms with Crippen molar-refractivity contribution < 1.29 is 4.74 Å². The molecule has 0 aliphatic rings. The van der Waals surface area contributed by atoms with Crippen molar-refractivity contribution in [3.05, 3.63) is 28.8 Å². The quantitative estimate of drug-likeness (QED) is 0.750. The van der Waals surface area contributed by atoms with Gasteiger partial charge in [-0.3, -0.25) is 0 Å². The summed E-state index contributed by atoms with van der Waals surface area (Å²) in [6.07, 6.45) is 1.17. The molecule has 2 nitrogen and oxygen atoms in total. The SMILES string of the molecule is CCCNCc1c(C)cc(OC)cc1C. The smallest absolute Gasteiger partial charge is 0.119 e. The van der Waals surface area contributed by atoms with Crippen LogP contribution < -0.4 is 10.1 Å². The standard InChI is InChI=1S/C13H21NO/c1-5-6-14-9-13-10(2)7-12(15-4)8-11(13)3/h7-8,14H,5-6,9H2,1-4H3. The van der Waals surface area contributed by atoms with Crippen molar-refractivity contribution in [1.29, 1.82) is 0 Å². The van der Waals surface area contributed by atoms with Gasteiger partial charge >= 0.3 is 0 Å². The van der Waals surface area contributed by atoms with Crippen LogP contribution in [0.15, 0.2) is 12.1 Å². The number of hydrogen-bond donors (Lipinski definition) is 1. The summed E-state index contributed by atoms with van der Waals surface area (Å²) in [4.78, 5) is 0. The van der Waals surface area contributed by atoms with Gasteiger partial charge in [-0.15, -0.1) is 0 Å². The van der Waals surface area contributed by atoms with E-state index in [1.54, 1.807) is 7.11 Å². The normalized spacial score (nSPS) is 10.4. The maximum Gasteiger partial charge on any atom is 0.119 e. The Morgan fingerprint density at radius 3 is 2.27 bits per heavy atom. The summed E-state index contributed by atoms with van der Waals surface area (Å²) in [5.74, 6) is 0.948. The highest BCUT2D eigenvalue weighted by Crippen LogP contribution is 2.21. The molecule has 0 atom stereocenters. The van der Waals surface area contributed by atoms with Crippen molar-refractivity contribution in [3.8, 4) is 5.75 Å². The van der Waals surface area contributed by atoms with E-state index < -0.39 is 0 Å². The number of hydrogen-bond acceptors (Lipinski definition) is 2. The topological polar surface area (TPSA) is 21.3 Å². The van der Waals surface area contributed by atoms with Gasteiger partial charge in [0, 0.05) is 6.54 Å². The lowest BCUT2D eigenvalue weighted by molar-refractivity contribution is 0.414. The monoisotopic (exact) mass is 207 g/mol. The fourth-order valence-electron chi connectivity index (χ4n) is 1.74. The van der Waals surface area contributed by atoms with E-state index in [9.17, 15) is 0 Å². The van der Waals surface area contributed by atoms with E-state index in [-0.39, 0.29) is 0 Å². The lowest BCUT2D eigenvalue weighted by Crippen LogP contribution is -2.15. The van der Waals surface area contributed by atoms with Crippen LogP contribution in [0.3, 0.4) is 0 Å². The van der Waals surface area contributed by atoms with E-state index in [2.05, 4.69) is 38.2 Å². The Morgan fingerprint density at radius 1 is 1.20 bits per heavy atom. The van der Waals surface area contributed by atoms with Crippen molar-refractivity contribution in [2.75, 3.05) is 13.7 Å². The molecule has 0 unspecified atom stereocenters. The largest absolute Gasteiger partial charge is 0.497 e. The summed E-state index contributed by atoms with van der Waals surface area (Å²) < 4.78 is 5.24. The van der Waals surface area contributed by atoms with Crippen LogP contribution in [0.25, 0.3) is 0 Å². The highest BCUT2D eigenvalue weighted by molar-refractivity contribution is 5.40. The Kier molecular flexibility index (Phi) is 4.63. The minimum Gasteiger partial charge on any atom is -0.497 e. The van der Waals surface area contributed by atoms with Crippen LogP contribution in [-0.4, -0.2) is 13.7 Å². The fraction of sp³-hybridized carbons (Fsp3) is 0.538. The van der Waals surface area contributed by atoms with E-state index in [4.69, 9.17) is 4.74 Å². The summed E-state index contributed by atoms with van der Waals surface area (Å²) in [5, 5.41) is 3.43. The van der Waals surface area contributed by atoms with Crippen molar-refractivity contribution >= 4 is 0 Å². The predicted octanol–water partition coefficient (Wildman–Crippen LogP) is 2.81. The Morgan fingerprint density at radius 2 is 1.80 bits per heavy atom. The zero-order valence-corrected chi connectivity index (χ0v) is 10.2. The van der Waals surface area contributed by atoms with Gasteiger partial charge < -0.3 is 10.1 Å². The van der Waals surface area contributed by atoms with Gasteiger partial charge in [0.2, 0.25) is 0 Å². The summed E-state index contributed by atoms with van der Waals surface area (Å²) in [7, 11) is 1.71. The van der Waals surface area contributed by atoms with Crippen molar-refractivity contribution in [2.45, 2.75) is 33.7 Å². The first kappa shape index (κ1) is 12.1. The first-order valence-electron chi connectivity index (χ1n) is 5.53. The van der Waals surface area contributed by atoms with Crippen LogP contribution in [-0.2, 0) is 6.54 Å². The Hall–Kier alpha value is -1.02. The van der Waals surface area contributed by atoms with E-state index in [0.29, 0.717) is 0 Å². The summed E-state index contributed by atoms with van der Waals surface area (Å²) in [5.41, 5.74) is 4.00. The Bertz CT molecular complexity index is 297. The van der Waals surface area contributed by atoms with Crippen LogP contribution in [0.5, 0.6) is 5.75 Å². The molecule has 0 aromatic heterocycles. The second kappa shape index (κ2) is 5.76. The molecule has 2 heteroatoms. The van der Waals surface area contributed by atoms with Crippen LogP contribution in [0.2, 0.25) is 0 Å². The van der Waals surface area contributed by atoms with E-state index in [0.717, 1.165) is 18.8 Å². The number of ether oxygens (including phenoxy) is 1. The zero-order chi connectivity index (χ0) is 11.3. The molecule has 1 aromatic carbocycles. The van der Waals surface area contributed by atoms with E-state index in [1.807, 2.05) is 0 Å². The molecule has 0 saturated heterocycles. The lowest BCUT2D eigenvalue weighted by atomic mass is 10.0. The van der Waals surface area contributed by atoms with E-state index in [1.165, 1.54) is 23.1 Å². The molecule has 0 heterocycles. The molecule has 0 bridgehead atoms. The molecule has 0 aliphatic carbocycles. The van der Waals surface area contributed by atoms with Crippen LogP contribution in [0, 0.1) is 13.8 Å². The zero-order valence-electron chi connectivity index (χ0n) is 10.2. The van der Waals surface area contributed by atoms with Gasteiger partial charge in [0.15, 0.2) is 0 Å². The predicted molar refractivity (Wildman–Crippen MR) is 64.5 cm³/mol. The molecule has 0 aliphatic heterocycles. The van der Waals surface area contributed by atoms with Gasteiger partial charge in [-0.1, -0.05) is 6.92 Å². The van der Waals surface area contributed by atoms with Crippen molar-refractivity contribution in [2.24, 2.45) is 0 Å². The average molecular weight is 207 g/mol.